The van der Waals surface area contributed by atoms with Crippen LogP contribution in [0.15, 0.2) is 33.5 Å². The molecule has 0 aliphatic rings. The number of rotatable bonds is 4. The summed E-state index contributed by atoms with van der Waals surface area (Å²) >= 11 is 0. The van der Waals surface area contributed by atoms with Gasteiger partial charge in [0, 0.05) is 11.6 Å². The average molecular weight is 360 g/mol. The predicted molar refractivity (Wildman–Crippen MR) is 92.6 cm³/mol. The molecule has 0 fully saturated rings. The molecule has 136 valence electrons. The van der Waals surface area contributed by atoms with Gasteiger partial charge in [0.1, 0.15) is 11.1 Å². The number of methoxy groups -OCH3 is 3. The van der Waals surface area contributed by atoms with E-state index in [4.69, 9.17) is 18.6 Å². The van der Waals surface area contributed by atoms with E-state index in [0.717, 1.165) is 6.07 Å². The molecule has 3 N–H and O–H groups in total. The van der Waals surface area contributed by atoms with Gasteiger partial charge in [-0.25, -0.2) is 0 Å². The molecule has 0 radical (unpaired) electrons. The number of ether oxygens (including phenoxy) is 3. The number of phenolic OH excluding ortho intramolecular Hbond substituents is 3. The molecular weight excluding hydrogens is 344 g/mol. The summed E-state index contributed by atoms with van der Waals surface area (Å²) < 4.78 is 20.8. The average Bonchev–Trinajstić information content (AvgIpc) is 2.65. The zero-order chi connectivity index (χ0) is 19.0. The molecule has 3 rings (SSSR count). The van der Waals surface area contributed by atoms with Crippen LogP contribution in [0.4, 0.5) is 0 Å². The first-order valence-electron chi connectivity index (χ1n) is 7.44. The highest BCUT2D eigenvalue weighted by Gasteiger charge is 2.24. The van der Waals surface area contributed by atoms with Gasteiger partial charge in [0.15, 0.2) is 28.3 Å². The molecule has 3 aromatic rings. The Morgan fingerprint density at radius 2 is 1.54 bits per heavy atom. The molecule has 0 atom stereocenters. The molecule has 0 saturated carbocycles. The van der Waals surface area contributed by atoms with Gasteiger partial charge in [0.25, 0.3) is 0 Å². The molecule has 1 aromatic heterocycles. The Morgan fingerprint density at radius 1 is 0.846 bits per heavy atom. The van der Waals surface area contributed by atoms with Crippen LogP contribution in [0.2, 0.25) is 0 Å². The first-order chi connectivity index (χ1) is 12.4. The topological polar surface area (TPSA) is 119 Å². The highest BCUT2D eigenvalue weighted by molar-refractivity contribution is 5.94. The second-order valence-corrected chi connectivity index (χ2v) is 5.33. The fourth-order valence-corrected chi connectivity index (χ4v) is 2.65. The van der Waals surface area contributed by atoms with Crippen LogP contribution in [0.25, 0.3) is 22.3 Å². The SMILES string of the molecule is COc1ccc(-c2cc(=O)c3c(O)c(OC)c(O)c(O)c3o2)cc1OC. The van der Waals surface area contributed by atoms with E-state index in [0.29, 0.717) is 17.1 Å². The van der Waals surface area contributed by atoms with Crippen LogP contribution in [-0.2, 0) is 0 Å². The molecule has 0 saturated heterocycles. The Kier molecular flexibility index (Phi) is 4.25. The van der Waals surface area contributed by atoms with E-state index in [1.165, 1.54) is 21.3 Å². The first-order valence-corrected chi connectivity index (χ1v) is 7.44. The van der Waals surface area contributed by atoms with Crippen molar-refractivity contribution in [3.05, 3.63) is 34.5 Å². The fraction of sp³-hybridized carbons (Fsp3) is 0.167. The quantitative estimate of drug-likeness (QED) is 0.480. The van der Waals surface area contributed by atoms with Gasteiger partial charge in [-0.2, -0.15) is 0 Å². The monoisotopic (exact) mass is 360 g/mol. The van der Waals surface area contributed by atoms with Crippen molar-refractivity contribution >= 4 is 11.0 Å². The Labute approximate surface area is 147 Å². The van der Waals surface area contributed by atoms with Gasteiger partial charge >= 0.3 is 0 Å². The number of fused-ring (bicyclic) bond motifs is 1. The summed E-state index contributed by atoms with van der Waals surface area (Å²) in [5.74, 6) is -1.48. The van der Waals surface area contributed by atoms with Crippen molar-refractivity contribution in [2.45, 2.75) is 0 Å². The summed E-state index contributed by atoms with van der Waals surface area (Å²) in [5, 5.41) is 30.0. The normalized spacial score (nSPS) is 10.7. The molecule has 0 amide bonds. The van der Waals surface area contributed by atoms with Crippen molar-refractivity contribution < 1.29 is 33.9 Å². The molecule has 26 heavy (non-hydrogen) atoms. The smallest absolute Gasteiger partial charge is 0.208 e. The molecule has 8 nitrogen and oxygen atoms in total. The van der Waals surface area contributed by atoms with Crippen LogP contribution in [0, 0.1) is 0 Å². The molecule has 0 bridgehead atoms. The van der Waals surface area contributed by atoms with Gasteiger partial charge in [0.2, 0.25) is 17.2 Å². The first kappa shape index (κ1) is 17.3. The minimum atomic E-state index is -0.731. The Balaban J connectivity index is 2.31. The standard InChI is InChI=1S/C18H16O8/c1-23-10-5-4-8(6-12(10)24-2)11-7-9(19)13-14(20)18(25-3)16(22)15(21)17(13)26-11/h4-7,20-22H,1-3H3. The van der Waals surface area contributed by atoms with Crippen molar-refractivity contribution in [1.29, 1.82) is 0 Å². The van der Waals surface area contributed by atoms with E-state index in [1.807, 2.05) is 0 Å². The lowest BCUT2D eigenvalue weighted by Crippen LogP contribution is -2.02. The number of aromatic hydroxyl groups is 3. The van der Waals surface area contributed by atoms with Crippen molar-refractivity contribution in [3.8, 4) is 45.8 Å². The van der Waals surface area contributed by atoms with Gasteiger partial charge in [-0.05, 0) is 18.2 Å². The van der Waals surface area contributed by atoms with Gasteiger partial charge in [-0.1, -0.05) is 0 Å². The van der Waals surface area contributed by atoms with Gasteiger partial charge in [-0.3, -0.25) is 4.79 Å². The van der Waals surface area contributed by atoms with E-state index >= 15 is 0 Å². The maximum atomic E-state index is 12.5. The highest BCUT2D eigenvalue weighted by Crippen LogP contribution is 2.48. The number of hydrogen-bond acceptors (Lipinski definition) is 8. The molecule has 0 spiro atoms. The number of phenols is 3. The summed E-state index contributed by atoms with van der Waals surface area (Å²) in [5.41, 5.74) is -0.518. The molecule has 0 aliphatic heterocycles. The predicted octanol–water partition coefficient (Wildman–Crippen LogP) is 2.60. The van der Waals surface area contributed by atoms with Gasteiger partial charge in [0.05, 0.1) is 21.3 Å². The molecule has 0 unspecified atom stereocenters. The molecule has 2 aromatic carbocycles. The fourth-order valence-electron chi connectivity index (χ4n) is 2.65. The van der Waals surface area contributed by atoms with E-state index in [1.54, 1.807) is 18.2 Å². The summed E-state index contributed by atoms with van der Waals surface area (Å²) in [6, 6.07) is 6.00. The Bertz CT molecular complexity index is 1050. The third-order valence-corrected chi connectivity index (χ3v) is 3.93. The minimum absolute atomic E-state index is 0.0997. The highest BCUT2D eigenvalue weighted by atomic mass is 16.5. The second-order valence-electron chi connectivity index (χ2n) is 5.33. The van der Waals surface area contributed by atoms with E-state index < -0.39 is 28.4 Å². The number of benzene rings is 2. The molecular formula is C18H16O8. The zero-order valence-corrected chi connectivity index (χ0v) is 14.2. The Morgan fingerprint density at radius 3 is 2.15 bits per heavy atom. The lowest BCUT2D eigenvalue weighted by molar-refractivity contribution is 0.330. The van der Waals surface area contributed by atoms with E-state index in [9.17, 15) is 20.1 Å². The van der Waals surface area contributed by atoms with E-state index in [2.05, 4.69) is 0 Å². The second kappa shape index (κ2) is 6.40. The van der Waals surface area contributed by atoms with Crippen LogP contribution in [-0.4, -0.2) is 36.6 Å². The van der Waals surface area contributed by atoms with Crippen LogP contribution >= 0.6 is 0 Å². The van der Waals surface area contributed by atoms with Crippen molar-refractivity contribution in [1.82, 2.24) is 0 Å². The van der Waals surface area contributed by atoms with Crippen molar-refractivity contribution in [2.24, 2.45) is 0 Å². The third-order valence-electron chi connectivity index (χ3n) is 3.93. The van der Waals surface area contributed by atoms with Gasteiger partial charge in [-0.15, -0.1) is 0 Å². The maximum Gasteiger partial charge on any atom is 0.208 e. The summed E-state index contributed by atoms with van der Waals surface area (Å²) in [6.45, 7) is 0. The van der Waals surface area contributed by atoms with Crippen LogP contribution in [0.3, 0.4) is 0 Å². The maximum absolute atomic E-state index is 12.5. The molecule has 8 heteroatoms. The van der Waals surface area contributed by atoms with Crippen LogP contribution in [0.5, 0.6) is 34.5 Å². The van der Waals surface area contributed by atoms with Crippen molar-refractivity contribution in [3.63, 3.8) is 0 Å². The molecule has 1 heterocycles. The van der Waals surface area contributed by atoms with Crippen LogP contribution < -0.4 is 19.6 Å². The minimum Gasteiger partial charge on any atom is -0.504 e. The van der Waals surface area contributed by atoms with Crippen LogP contribution in [0.1, 0.15) is 0 Å². The van der Waals surface area contributed by atoms with E-state index in [-0.39, 0.29) is 16.7 Å². The number of hydrogen-bond donors (Lipinski definition) is 3. The summed E-state index contributed by atoms with van der Waals surface area (Å²) in [6.07, 6.45) is 0. The lowest BCUT2D eigenvalue weighted by atomic mass is 10.1. The zero-order valence-electron chi connectivity index (χ0n) is 14.2. The van der Waals surface area contributed by atoms with Crippen molar-refractivity contribution in [2.75, 3.05) is 21.3 Å². The summed E-state index contributed by atoms with van der Waals surface area (Å²) in [7, 11) is 4.14. The Hall–Kier alpha value is -3.55. The van der Waals surface area contributed by atoms with Gasteiger partial charge < -0.3 is 33.9 Å². The summed E-state index contributed by atoms with van der Waals surface area (Å²) in [4.78, 5) is 12.5. The largest absolute Gasteiger partial charge is 0.504 e. The lowest BCUT2D eigenvalue weighted by Gasteiger charge is -2.12. The molecule has 0 aliphatic carbocycles. The third kappa shape index (κ3) is 2.52.